The number of aryl methyl sites for hydroxylation is 3. The molecule has 0 saturated carbocycles. The standard InChI is InChI=1S/C18H27NO3/c1-14-4-5-16(12-15(14)2)6-7-18(20)19-9-11-22-17(13-19)8-10-21-3/h4-5,12,17H,6-11,13H2,1-3H3. The van der Waals surface area contributed by atoms with Crippen LogP contribution in [0.5, 0.6) is 0 Å². The third kappa shape index (κ3) is 4.82. The highest BCUT2D eigenvalue weighted by Crippen LogP contribution is 2.14. The van der Waals surface area contributed by atoms with Gasteiger partial charge in [0.1, 0.15) is 0 Å². The third-order valence-electron chi connectivity index (χ3n) is 4.33. The molecule has 0 N–H and O–H groups in total. The first-order valence-electron chi connectivity index (χ1n) is 8.04. The van der Waals surface area contributed by atoms with Crippen molar-refractivity contribution in [2.24, 2.45) is 0 Å². The Morgan fingerprint density at radius 3 is 2.91 bits per heavy atom. The van der Waals surface area contributed by atoms with Crippen molar-refractivity contribution in [3.8, 4) is 0 Å². The highest BCUT2D eigenvalue weighted by atomic mass is 16.5. The van der Waals surface area contributed by atoms with Gasteiger partial charge in [0.2, 0.25) is 5.91 Å². The molecule has 1 aromatic carbocycles. The van der Waals surface area contributed by atoms with Gasteiger partial charge in [0.05, 0.1) is 12.7 Å². The number of hydrogen-bond donors (Lipinski definition) is 0. The Kier molecular flexibility index (Phi) is 6.40. The number of carbonyl (C=O) groups excluding carboxylic acids is 1. The molecule has 1 fully saturated rings. The predicted molar refractivity (Wildman–Crippen MR) is 87.1 cm³/mol. The molecule has 0 aliphatic carbocycles. The van der Waals surface area contributed by atoms with E-state index < -0.39 is 0 Å². The lowest BCUT2D eigenvalue weighted by Crippen LogP contribution is -2.46. The molecular weight excluding hydrogens is 278 g/mol. The number of amides is 1. The molecule has 122 valence electrons. The zero-order valence-electron chi connectivity index (χ0n) is 13.9. The number of methoxy groups -OCH3 is 1. The van der Waals surface area contributed by atoms with Crippen LogP contribution in [0.3, 0.4) is 0 Å². The summed E-state index contributed by atoms with van der Waals surface area (Å²) in [6, 6.07) is 6.43. The van der Waals surface area contributed by atoms with Gasteiger partial charge in [-0.15, -0.1) is 0 Å². The van der Waals surface area contributed by atoms with Crippen molar-refractivity contribution in [3.63, 3.8) is 0 Å². The smallest absolute Gasteiger partial charge is 0.223 e. The van der Waals surface area contributed by atoms with E-state index in [-0.39, 0.29) is 12.0 Å². The van der Waals surface area contributed by atoms with E-state index in [4.69, 9.17) is 9.47 Å². The molecule has 4 nitrogen and oxygen atoms in total. The number of nitrogens with zero attached hydrogens (tertiary/aromatic N) is 1. The lowest BCUT2D eigenvalue weighted by Gasteiger charge is -2.33. The van der Waals surface area contributed by atoms with Gasteiger partial charge in [-0.1, -0.05) is 18.2 Å². The van der Waals surface area contributed by atoms with Gasteiger partial charge in [-0.25, -0.2) is 0 Å². The SMILES string of the molecule is COCCC1CN(C(=O)CCc2ccc(C)c(C)c2)CCO1. The van der Waals surface area contributed by atoms with E-state index in [1.165, 1.54) is 16.7 Å². The van der Waals surface area contributed by atoms with Crippen LogP contribution >= 0.6 is 0 Å². The second-order valence-corrected chi connectivity index (χ2v) is 6.03. The average Bonchev–Trinajstić information content (AvgIpc) is 2.54. The molecule has 1 heterocycles. The number of benzene rings is 1. The molecule has 1 aliphatic rings. The van der Waals surface area contributed by atoms with E-state index in [1.807, 2.05) is 4.90 Å². The maximum Gasteiger partial charge on any atom is 0.223 e. The Morgan fingerprint density at radius 1 is 1.36 bits per heavy atom. The van der Waals surface area contributed by atoms with Gasteiger partial charge in [0, 0.05) is 33.2 Å². The summed E-state index contributed by atoms with van der Waals surface area (Å²) in [4.78, 5) is 14.3. The zero-order valence-corrected chi connectivity index (χ0v) is 13.9. The number of ether oxygens (including phenoxy) is 2. The molecule has 1 unspecified atom stereocenters. The molecule has 2 rings (SSSR count). The molecule has 1 amide bonds. The fourth-order valence-corrected chi connectivity index (χ4v) is 2.74. The Morgan fingerprint density at radius 2 is 2.18 bits per heavy atom. The summed E-state index contributed by atoms with van der Waals surface area (Å²) in [6.07, 6.45) is 2.33. The van der Waals surface area contributed by atoms with Gasteiger partial charge in [0.25, 0.3) is 0 Å². The predicted octanol–water partition coefficient (Wildman–Crippen LogP) is 2.50. The van der Waals surface area contributed by atoms with Crippen LogP contribution < -0.4 is 0 Å². The first-order chi connectivity index (χ1) is 10.6. The molecule has 0 aromatic heterocycles. The molecule has 1 atom stereocenters. The minimum absolute atomic E-state index is 0.110. The lowest BCUT2D eigenvalue weighted by atomic mass is 10.0. The molecule has 0 spiro atoms. The fourth-order valence-electron chi connectivity index (χ4n) is 2.74. The molecule has 4 heteroatoms. The first-order valence-corrected chi connectivity index (χ1v) is 8.04. The summed E-state index contributed by atoms with van der Waals surface area (Å²) < 4.78 is 10.8. The summed E-state index contributed by atoms with van der Waals surface area (Å²) >= 11 is 0. The van der Waals surface area contributed by atoms with Crippen LogP contribution in [0.15, 0.2) is 18.2 Å². The third-order valence-corrected chi connectivity index (χ3v) is 4.33. The number of morpholine rings is 1. The maximum absolute atomic E-state index is 12.4. The lowest BCUT2D eigenvalue weighted by molar-refractivity contribution is -0.139. The van der Waals surface area contributed by atoms with E-state index >= 15 is 0 Å². The highest BCUT2D eigenvalue weighted by Gasteiger charge is 2.23. The minimum Gasteiger partial charge on any atom is -0.385 e. The highest BCUT2D eigenvalue weighted by molar-refractivity contribution is 5.76. The van der Waals surface area contributed by atoms with Crippen LogP contribution in [0.2, 0.25) is 0 Å². The number of rotatable bonds is 6. The van der Waals surface area contributed by atoms with E-state index in [1.54, 1.807) is 7.11 Å². The second-order valence-electron chi connectivity index (χ2n) is 6.03. The quantitative estimate of drug-likeness (QED) is 0.810. The summed E-state index contributed by atoms with van der Waals surface area (Å²) in [6.45, 7) is 6.92. The van der Waals surface area contributed by atoms with Gasteiger partial charge < -0.3 is 14.4 Å². The topological polar surface area (TPSA) is 38.8 Å². The number of carbonyl (C=O) groups is 1. The van der Waals surface area contributed by atoms with Crippen LogP contribution in [-0.4, -0.2) is 50.3 Å². The Labute approximate surface area is 133 Å². The van der Waals surface area contributed by atoms with Crippen LogP contribution in [0.4, 0.5) is 0 Å². The van der Waals surface area contributed by atoms with Crippen molar-refractivity contribution >= 4 is 5.91 Å². The van der Waals surface area contributed by atoms with E-state index in [0.29, 0.717) is 32.7 Å². The van der Waals surface area contributed by atoms with Crippen molar-refractivity contribution in [2.45, 2.75) is 39.2 Å². The Balaban J connectivity index is 1.82. The van der Waals surface area contributed by atoms with E-state index in [9.17, 15) is 4.79 Å². The molecule has 1 saturated heterocycles. The minimum atomic E-state index is 0.110. The summed E-state index contributed by atoms with van der Waals surface area (Å²) in [5.41, 5.74) is 3.82. The van der Waals surface area contributed by atoms with Gasteiger partial charge in [0.15, 0.2) is 0 Å². The summed E-state index contributed by atoms with van der Waals surface area (Å²) in [5, 5.41) is 0. The van der Waals surface area contributed by atoms with Crippen LogP contribution in [0.25, 0.3) is 0 Å². The van der Waals surface area contributed by atoms with Crippen molar-refractivity contribution in [1.82, 2.24) is 4.90 Å². The van der Waals surface area contributed by atoms with Crippen LogP contribution in [-0.2, 0) is 20.7 Å². The molecule has 0 bridgehead atoms. The van der Waals surface area contributed by atoms with Gasteiger partial charge in [-0.2, -0.15) is 0 Å². The molecular formula is C18H27NO3. The summed E-state index contributed by atoms with van der Waals surface area (Å²) in [7, 11) is 1.69. The van der Waals surface area contributed by atoms with Crippen LogP contribution in [0.1, 0.15) is 29.5 Å². The second kappa shape index (κ2) is 8.30. The molecule has 1 aliphatic heterocycles. The van der Waals surface area contributed by atoms with Gasteiger partial charge in [-0.3, -0.25) is 4.79 Å². The van der Waals surface area contributed by atoms with Crippen molar-refractivity contribution in [3.05, 3.63) is 34.9 Å². The number of hydrogen-bond acceptors (Lipinski definition) is 3. The maximum atomic E-state index is 12.4. The van der Waals surface area contributed by atoms with Crippen molar-refractivity contribution in [1.29, 1.82) is 0 Å². The Hall–Kier alpha value is -1.39. The Bertz CT molecular complexity index is 501. The molecule has 0 radical (unpaired) electrons. The average molecular weight is 305 g/mol. The largest absolute Gasteiger partial charge is 0.385 e. The normalized spacial score (nSPS) is 18.5. The van der Waals surface area contributed by atoms with Crippen LogP contribution in [0, 0.1) is 13.8 Å². The monoisotopic (exact) mass is 305 g/mol. The van der Waals surface area contributed by atoms with Crippen molar-refractivity contribution < 1.29 is 14.3 Å². The zero-order chi connectivity index (χ0) is 15.9. The van der Waals surface area contributed by atoms with Gasteiger partial charge in [-0.05, 0) is 43.4 Å². The van der Waals surface area contributed by atoms with Crippen molar-refractivity contribution in [2.75, 3.05) is 33.4 Å². The fraction of sp³-hybridized carbons (Fsp3) is 0.611. The molecule has 1 aromatic rings. The summed E-state index contributed by atoms with van der Waals surface area (Å²) in [5.74, 6) is 0.226. The van der Waals surface area contributed by atoms with E-state index in [2.05, 4.69) is 32.0 Å². The van der Waals surface area contributed by atoms with E-state index in [0.717, 1.165) is 12.8 Å². The molecule has 22 heavy (non-hydrogen) atoms. The first kappa shape index (κ1) is 17.0. The van der Waals surface area contributed by atoms with Gasteiger partial charge >= 0.3 is 0 Å².